The normalized spacial score (nSPS) is 15.1. The number of carbonyl (C=O) groups is 1. The number of ether oxygens (including phenoxy) is 1. The topological polar surface area (TPSA) is 73.1 Å². The first-order chi connectivity index (χ1) is 16.0. The molecule has 0 spiro atoms. The van der Waals surface area contributed by atoms with Crippen LogP contribution in [0.5, 0.6) is 5.75 Å². The van der Waals surface area contributed by atoms with Crippen LogP contribution in [0, 0.1) is 0 Å². The minimum atomic E-state index is -0.0106. The maximum atomic E-state index is 12.8. The van der Waals surface area contributed by atoms with Crippen molar-refractivity contribution in [2.75, 3.05) is 20.1 Å². The summed E-state index contributed by atoms with van der Waals surface area (Å²) in [6, 6.07) is 13.5. The number of nitrogens with zero attached hydrogens (tertiary/aromatic N) is 5. The Morgan fingerprint density at radius 2 is 1.82 bits per heavy atom. The number of Topliss-reactive ketones (excluding diaryl/α,β-unsaturated/α-hetero) is 1. The fourth-order valence-corrected chi connectivity index (χ4v) is 4.16. The summed E-state index contributed by atoms with van der Waals surface area (Å²) in [5, 5.41) is 5.17. The average molecular weight is 442 g/mol. The van der Waals surface area contributed by atoms with Gasteiger partial charge in [-0.3, -0.25) is 9.48 Å². The molecule has 1 fully saturated rings. The predicted octanol–water partition coefficient (Wildman–Crippen LogP) is 3.93. The van der Waals surface area contributed by atoms with E-state index in [-0.39, 0.29) is 18.3 Å². The van der Waals surface area contributed by atoms with Crippen molar-refractivity contribution in [3.63, 3.8) is 0 Å². The summed E-state index contributed by atoms with van der Waals surface area (Å²) in [7, 11) is 4.03. The van der Waals surface area contributed by atoms with Crippen LogP contribution < -0.4 is 4.74 Å². The Kier molecular flexibility index (Phi) is 5.88. The molecular formula is C26H27N5O2. The number of hydrogen-bond acceptors (Lipinski definition) is 6. The van der Waals surface area contributed by atoms with Crippen LogP contribution in [0.15, 0.2) is 61.1 Å². The van der Waals surface area contributed by atoms with Crippen molar-refractivity contribution in [1.29, 1.82) is 0 Å². The largest absolute Gasteiger partial charge is 0.490 e. The van der Waals surface area contributed by atoms with Gasteiger partial charge >= 0.3 is 0 Å². The lowest BCUT2D eigenvalue weighted by molar-refractivity contribution is 0.0990. The highest BCUT2D eigenvalue weighted by molar-refractivity contribution is 5.97. The molecule has 0 aliphatic carbocycles. The van der Waals surface area contributed by atoms with Crippen LogP contribution in [0.2, 0.25) is 0 Å². The van der Waals surface area contributed by atoms with Gasteiger partial charge in [-0.15, -0.1) is 0 Å². The number of aromatic nitrogens is 4. The Morgan fingerprint density at radius 3 is 2.55 bits per heavy atom. The van der Waals surface area contributed by atoms with Gasteiger partial charge in [0.15, 0.2) is 5.78 Å². The van der Waals surface area contributed by atoms with Crippen molar-refractivity contribution >= 4 is 16.7 Å². The lowest BCUT2D eigenvalue weighted by atomic mass is 10.1. The molecule has 0 N–H and O–H groups in total. The molecule has 0 atom stereocenters. The number of rotatable bonds is 6. The summed E-state index contributed by atoms with van der Waals surface area (Å²) in [4.78, 5) is 24.2. The van der Waals surface area contributed by atoms with Crippen LogP contribution in [-0.2, 0) is 13.5 Å². The predicted molar refractivity (Wildman–Crippen MR) is 127 cm³/mol. The van der Waals surface area contributed by atoms with Gasteiger partial charge in [-0.25, -0.2) is 9.97 Å². The molecule has 5 rings (SSSR count). The first kappa shape index (κ1) is 21.3. The number of benzene rings is 2. The fourth-order valence-electron chi connectivity index (χ4n) is 4.16. The summed E-state index contributed by atoms with van der Waals surface area (Å²) in [6.45, 7) is 2.10. The monoisotopic (exact) mass is 441 g/mol. The molecule has 7 heteroatoms. The molecule has 33 heavy (non-hydrogen) atoms. The summed E-state index contributed by atoms with van der Waals surface area (Å²) < 4.78 is 7.86. The van der Waals surface area contributed by atoms with Gasteiger partial charge < -0.3 is 9.64 Å². The van der Waals surface area contributed by atoms with Gasteiger partial charge in [0, 0.05) is 49.0 Å². The fraction of sp³-hybridized carbons (Fsp3) is 0.308. The molecule has 2 aromatic heterocycles. The highest BCUT2D eigenvalue weighted by atomic mass is 16.5. The standard InChI is InChI=1S/C26H27N5O2/c1-30-11-9-23(10-12-30)33-22-7-5-18(6-8-22)25(32)14-26-27-15-20-4-3-19(13-24(20)29-26)21-16-28-31(2)17-21/h3-8,13,15-17,23H,9-12,14H2,1-2H3. The van der Waals surface area contributed by atoms with Gasteiger partial charge in [0.25, 0.3) is 0 Å². The highest BCUT2D eigenvalue weighted by Gasteiger charge is 2.18. The van der Waals surface area contributed by atoms with Crippen molar-refractivity contribution in [2.45, 2.75) is 25.4 Å². The van der Waals surface area contributed by atoms with Crippen molar-refractivity contribution < 1.29 is 9.53 Å². The van der Waals surface area contributed by atoms with E-state index in [1.54, 1.807) is 10.9 Å². The number of likely N-dealkylation sites (tertiary alicyclic amines) is 1. The zero-order valence-electron chi connectivity index (χ0n) is 18.9. The van der Waals surface area contributed by atoms with E-state index in [1.807, 2.05) is 61.9 Å². The summed E-state index contributed by atoms with van der Waals surface area (Å²) in [6.07, 6.45) is 8.02. The molecular weight excluding hydrogens is 414 g/mol. The lowest BCUT2D eigenvalue weighted by Crippen LogP contribution is -2.35. The summed E-state index contributed by atoms with van der Waals surface area (Å²) in [5.41, 5.74) is 3.51. The minimum absolute atomic E-state index is 0.0106. The van der Waals surface area contributed by atoms with Crippen molar-refractivity contribution in [3.8, 4) is 16.9 Å². The summed E-state index contributed by atoms with van der Waals surface area (Å²) >= 11 is 0. The number of piperidine rings is 1. The van der Waals surface area contributed by atoms with Crippen LogP contribution in [0.1, 0.15) is 29.0 Å². The van der Waals surface area contributed by atoms with Gasteiger partial charge in [-0.2, -0.15) is 5.10 Å². The maximum Gasteiger partial charge on any atom is 0.170 e. The van der Waals surface area contributed by atoms with Gasteiger partial charge in [-0.05, 0) is 55.8 Å². The van der Waals surface area contributed by atoms with Crippen molar-refractivity contribution in [2.24, 2.45) is 7.05 Å². The molecule has 1 aliphatic rings. The number of ketones is 1. The Morgan fingerprint density at radius 1 is 1.03 bits per heavy atom. The van der Waals surface area contributed by atoms with E-state index >= 15 is 0 Å². The third-order valence-electron chi connectivity index (χ3n) is 6.13. The molecule has 0 unspecified atom stereocenters. The smallest absolute Gasteiger partial charge is 0.170 e. The Labute approximate surface area is 193 Å². The molecule has 0 radical (unpaired) electrons. The number of fused-ring (bicyclic) bond motifs is 1. The van der Waals surface area contributed by atoms with Crippen LogP contribution >= 0.6 is 0 Å². The molecule has 4 aromatic rings. The SMILES string of the molecule is CN1CCC(Oc2ccc(C(=O)Cc3ncc4ccc(-c5cnn(C)c5)cc4n3)cc2)CC1. The molecule has 1 saturated heterocycles. The number of carbonyl (C=O) groups excluding carboxylic acids is 1. The van der Waals surface area contributed by atoms with Crippen molar-refractivity contribution in [3.05, 3.63) is 72.4 Å². The molecule has 1 aliphatic heterocycles. The van der Waals surface area contributed by atoms with Crippen LogP contribution in [-0.4, -0.2) is 56.7 Å². The van der Waals surface area contributed by atoms with Gasteiger partial charge in [0.05, 0.1) is 18.1 Å². The minimum Gasteiger partial charge on any atom is -0.490 e. The van der Waals surface area contributed by atoms with Crippen LogP contribution in [0.4, 0.5) is 0 Å². The lowest BCUT2D eigenvalue weighted by Gasteiger charge is -2.29. The van der Waals surface area contributed by atoms with E-state index in [2.05, 4.69) is 27.0 Å². The third kappa shape index (κ3) is 4.93. The Hall–Kier alpha value is -3.58. The van der Waals surface area contributed by atoms with E-state index in [9.17, 15) is 4.79 Å². The number of aryl methyl sites for hydroxylation is 1. The average Bonchev–Trinajstić information content (AvgIpc) is 3.27. The van der Waals surface area contributed by atoms with Gasteiger partial charge in [-0.1, -0.05) is 12.1 Å². The van der Waals surface area contributed by atoms with E-state index in [0.717, 1.165) is 53.7 Å². The molecule has 0 saturated carbocycles. The van der Waals surface area contributed by atoms with Crippen LogP contribution in [0.3, 0.4) is 0 Å². The highest BCUT2D eigenvalue weighted by Crippen LogP contribution is 2.23. The molecule has 0 amide bonds. The number of hydrogen-bond donors (Lipinski definition) is 0. The van der Waals surface area contributed by atoms with Crippen LogP contribution in [0.25, 0.3) is 22.0 Å². The molecule has 3 heterocycles. The van der Waals surface area contributed by atoms with E-state index in [4.69, 9.17) is 4.74 Å². The second kappa shape index (κ2) is 9.11. The first-order valence-corrected chi connectivity index (χ1v) is 11.3. The summed E-state index contributed by atoms with van der Waals surface area (Å²) in [5.74, 6) is 1.32. The van der Waals surface area contributed by atoms with E-state index < -0.39 is 0 Å². The zero-order chi connectivity index (χ0) is 22.8. The molecule has 7 nitrogen and oxygen atoms in total. The van der Waals surface area contributed by atoms with E-state index in [0.29, 0.717) is 11.4 Å². The molecule has 2 aromatic carbocycles. The van der Waals surface area contributed by atoms with E-state index in [1.165, 1.54) is 0 Å². The van der Waals surface area contributed by atoms with Gasteiger partial charge in [0.2, 0.25) is 0 Å². The molecule has 168 valence electrons. The third-order valence-corrected chi connectivity index (χ3v) is 6.13. The molecule has 0 bridgehead atoms. The zero-order valence-corrected chi connectivity index (χ0v) is 18.9. The van der Waals surface area contributed by atoms with Crippen molar-refractivity contribution in [1.82, 2.24) is 24.6 Å². The maximum absolute atomic E-state index is 12.8. The Balaban J connectivity index is 1.27. The van der Waals surface area contributed by atoms with Gasteiger partial charge in [0.1, 0.15) is 17.7 Å². The Bertz CT molecular complexity index is 1270. The first-order valence-electron chi connectivity index (χ1n) is 11.3. The quantitative estimate of drug-likeness (QED) is 0.422. The second-order valence-corrected chi connectivity index (χ2v) is 8.71. The second-order valence-electron chi connectivity index (χ2n) is 8.71.